The van der Waals surface area contributed by atoms with Crippen LogP contribution in [-0.2, 0) is 12.8 Å². The van der Waals surface area contributed by atoms with E-state index in [1.807, 2.05) is 24.3 Å². The van der Waals surface area contributed by atoms with Crippen molar-refractivity contribution in [3.8, 4) is 5.75 Å². The lowest BCUT2D eigenvalue weighted by Gasteiger charge is -2.29. The van der Waals surface area contributed by atoms with Gasteiger partial charge in [-0.3, -0.25) is 4.90 Å². The van der Waals surface area contributed by atoms with E-state index in [-0.39, 0.29) is 0 Å². The van der Waals surface area contributed by atoms with Crippen molar-refractivity contribution in [3.63, 3.8) is 0 Å². The van der Waals surface area contributed by atoms with Gasteiger partial charge in [-0.25, -0.2) is 9.97 Å². The first-order chi connectivity index (χ1) is 15.2. The molecule has 0 spiro atoms. The molecule has 6 heteroatoms. The van der Waals surface area contributed by atoms with Crippen LogP contribution in [0.4, 0.5) is 5.82 Å². The smallest absolute Gasteiger partial charge is 0.138 e. The molecule has 1 fully saturated rings. The second-order valence-corrected chi connectivity index (χ2v) is 9.86. The molecule has 31 heavy (non-hydrogen) atoms. The van der Waals surface area contributed by atoms with Crippen molar-refractivity contribution in [1.29, 1.82) is 0 Å². The van der Waals surface area contributed by atoms with Gasteiger partial charge >= 0.3 is 0 Å². The Hall–Kier alpha value is -2.18. The van der Waals surface area contributed by atoms with E-state index in [4.69, 9.17) is 14.7 Å². The van der Waals surface area contributed by atoms with Crippen LogP contribution < -0.4 is 10.1 Å². The van der Waals surface area contributed by atoms with Crippen LogP contribution in [0, 0.1) is 6.92 Å². The van der Waals surface area contributed by atoms with Gasteiger partial charge in [0.15, 0.2) is 0 Å². The molecule has 1 N–H and O–H groups in total. The van der Waals surface area contributed by atoms with Gasteiger partial charge in [0, 0.05) is 11.4 Å². The average Bonchev–Trinajstić information content (AvgIpc) is 3.36. The maximum Gasteiger partial charge on any atom is 0.138 e. The van der Waals surface area contributed by atoms with Crippen molar-refractivity contribution in [2.45, 2.75) is 57.9 Å². The van der Waals surface area contributed by atoms with Gasteiger partial charge in [-0.05, 0) is 81.8 Å². The third-order valence-corrected chi connectivity index (χ3v) is 7.89. The zero-order valence-corrected chi connectivity index (χ0v) is 19.4. The molecule has 0 radical (unpaired) electrons. The topological polar surface area (TPSA) is 50.3 Å². The highest BCUT2D eigenvalue weighted by atomic mass is 32.1. The number of ether oxygens (including phenoxy) is 1. The zero-order chi connectivity index (χ0) is 21.2. The molecule has 5 rings (SSSR count). The predicted molar refractivity (Wildman–Crippen MR) is 128 cm³/mol. The summed E-state index contributed by atoms with van der Waals surface area (Å²) in [4.78, 5) is 15.0. The van der Waals surface area contributed by atoms with Crippen molar-refractivity contribution in [1.82, 2.24) is 14.9 Å². The summed E-state index contributed by atoms with van der Waals surface area (Å²) in [5.41, 5.74) is 2.80. The summed E-state index contributed by atoms with van der Waals surface area (Å²) in [5.74, 6) is 2.80. The first kappa shape index (κ1) is 20.7. The zero-order valence-electron chi connectivity index (χ0n) is 18.6. The van der Waals surface area contributed by atoms with Crippen LogP contribution in [0.5, 0.6) is 5.75 Å². The minimum absolute atomic E-state index is 0.306. The van der Waals surface area contributed by atoms with Crippen LogP contribution in [0.25, 0.3) is 10.2 Å². The Bertz CT molecular complexity index is 1060. The molecule has 1 atom stereocenters. The van der Waals surface area contributed by atoms with Gasteiger partial charge in [-0.1, -0.05) is 18.6 Å². The predicted octanol–water partition coefficient (Wildman–Crippen LogP) is 5.53. The molecular weight excluding hydrogens is 404 g/mol. The van der Waals surface area contributed by atoms with Crippen molar-refractivity contribution in [2.75, 3.05) is 32.1 Å². The van der Waals surface area contributed by atoms with E-state index >= 15 is 0 Å². The maximum absolute atomic E-state index is 5.51. The van der Waals surface area contributed by atoms with Gasteiger partial charge in [-0.15, -0.1) is 11.3 Å². The fourth-order valence-electron chi connectivity index (χ4n) is 5.12. The minimum atomic E-state index is 0.306. The van der Waals surface area contributed by atoms with Crippen LogP contribution in [0.3, 0.4) is 0 Å². The molecule has 5 nitrogen and oxygen atoms in total. The van der Waals surface area contributed by atoms with Gasteiger partial charge < -0.3 is 10.1 Å². The fourth-order valence-corrected chi connectivity index (χ4v) is 6.43. The Labute approximate surface area is 188 Å². The first-order valence-electron chi connectivity index (χ1n) is 11.6. The molecule has 1 saturated heterocycles. The molecule has 0 amide bonds. The Kier molecular flexibility index (Phi) is 6.10. The van der Waals surface area contributed by atoms with Crippen LogP contribution >= 0.6 is 11.3 Å². The van der Waals surface area contributed by atoms with Gasteiger partial charge in [0.05, 0.1) is 18.5 Å². The van der Waals surface area contributed by atoms with Crippen molar-refractivity contribution < 1.29 is 4.74 Å². The number of likely N-dealkylation sites (tertiary alicyclic amines) is 1. The van der Waals surface area contributed by atoms with Gasteiger partial charge in [0.25, 0.3) is 0 Å². The third-order valence-electron chi connectivity index (χ3n) is 6.70. The number of methoxy groups -OCH3 is 1. The maximum atomic E-state index is 5.51. The number of aryl methyl sites for hydroxylation is 3. The highest BCUT2D eigenvalue weighted by molar-refractivity contribution is 7.19. The lowest BCUT2D eigenvalue weighted by molar-refractivity contribution is 0.255. The SMILES string of the molecule is COc1cccc([C@@H](CNc2nc(C)nc3sc4c(c23)CCCCC4)N2CCCC2)c1. The van der Waals surface area contributed by atoms with Crippen LogP contribution in [0.15, 0.2) is 24.3 Å². The lowest BCUT2D eigenvalue weighted by Crippen LogP contribution is -2.31. The van der Waals surface area contributed by atoms with E-state index in [0.29, 0.717) is 6.04 Å². The molecule has 0 bridgehead atoms. The number of anilines is 1. The van der Waals surface area contributed by atoms with E-state index in [9.17, 15) is 0 Å². The third kappa shape index (κ3) is 4.28. The first-order valence-corrected chi connectivity index (χ1v) is 12.5. The molecular formula is C25H32N4OS. The summed E-state index contributed by atoms with van der Waals surface area (Å²) < 4.78 is 5.51. The molecule has 164 valence electrons. The van der Waals surface area contributed by atoms with Crippen molar-refractivity contribution in [3.05, 3.63) is 46.1 Å². The molecule has 3 heterocycles. The molecule has 2 aromatic heterocycles. The van der Waals surface area contributed by atoms with E-state index in [0.717, 1.165) is 48.3 Å². The van der Waals surface area contributed by atoms with E-state index in [1.54, 1.807) is 7.11 Å². The van der Waals surface area contributed by atoms with Gasteiger partial charge in [0.1, 0.15) is 22.2 Å². The van der Waals surface area contributed by atoms with Crippen LogP contribution in [0.2, 0.25) is 0 Å². The number of hydrogen-bond donors (Lipinski definition) is 1. The molecule has 1 aliphatic heterocycles. The number of rotatable bonds is 6. The Morgan fingerprint density at radius 2 is 1.94 bits per heavy atom. The summed E-state index contributed by atoms with van der Waals surface area (Å²) in [6, 6.07) is 8.84. The number of nitrogens with zero attached hydrogens (tertiary/aromatic N) is 3. The second-order valence-electron chi connectivity index (χ2n) is 8.78. The summed E-state index contributed by atoms with van der Waals surface area (Å²) in [6.07, 6.45) is 8.78. The molecule has 1 aliphatic carbocycles. The summed E-state index contributed by atoms with van der Waals surface area (Å²) in [5, 5.41) is 5.05. The van der Waals surface area contributed by atoms with E-state index in [2.05, 4.69) is 28.4 Å². The number of benzene rings is 1. The van der Waals surface area contributed by atoms with Crippen LogP contribution in [0.1, 0.15) is 60.0 Å². The number of thiophene rings is 1. The fraction of sp³-hybridized carbons (Fsp3) is 0.520. The highest BCUT2D eigenvalue weighted by Crippen LogP contribution is 2.38. The van der Waals surface area contributed by atoms with Crippen molar-refractivity contribution in [2.24, 2.45) is 0 Å². The number of nitrogens with one attached hydrogen (secondary N) is 1. The molecule has 2 aliphatic rings. The standard InChI is InChI=1S/C25H32N4OS/c1-17-27-24(23-20-11-4-3-5-12-22(20)31-25(23)28-17)26-16-21(29-13-6-7-14-29)18-9-8-10-19(15-18)30-2/h8-10,15,21H,3-7,11-14,16H2,1-2H3,(H,26,27,28)/t21-/m1/s1. The highest BCUT2D eigenvalue weighted by Gasteiger charge is 2.25. The molecule has 1 aromatic carbocycles. The molecule has 3 aromatic rings. The quantitative estimate of drug-likeness (QED) is 0.515. The number of fused-ring (bicyclic) bond motifs is 3. The van der Waals surface area contributed by atoms with Gasteiger partial charge in [0.2, 0.25) is 0 Å². The lowest BCUT2D eigenvalue weighted by atomic mass is 10.0. The van der Waals surface area contributed by atoms with Crippen molar-refractivity contribution >= 4 is 27.4 Å². The largest absolute Gasteiger partial charge is 0.497 e. The van der Waals surface area contributed by atoms with E-state index < -0.39 is 0 Å². The summed E-state index contributed by atoms with van der Waals surface area (Å²) >= 11 is 1.88. The summed E-state index contributed by atoms with van der Waals surface area (Å²) in [6.45, 7) is 5.14. The normalized spacial score (nSPS) is 18.0. The monoisotopic (exact) mass is 436 g/mol. The minimum Gasteiger partial charge on any atom is -0.497 e. The molecule has 0 unspecified atom stereocenters. The average molecular weight is 437 g/mol. The number of hydrogen-bond acceptors (Lipinski definition) is 6. The number of aromatic nitrogens is 2. The summed E-state index contributed by atoms with van der Waals surface area (Å²) in [7, 11) is 1.74. The Balaban J connectivity index is 1.48. The Morgan fingerprint density at radius 3 is 2.77 bits per heavy atom. The Morgan fingerprint density at radius 1 is 1.10 bits per heavy atom. The second kappa shape index (κ2) is 9.13. The van der Waals surface area contributed by atoms with Crippen LogP contribution in [-0.4, -0.2) is 41.6 Å². The van der Waals surface area contributed by atoms with Gasteiger partial charge in [-0.2, -0.15) is 0 Å². The molecule has 0 saturated carbocycles. The van der Waals surface area contributed by atoms with E-state index in [1.165, 1.54) is 59.9 Å².